The van der Waals surface area contributed by atoms with Crippen LogP contribution in [0.5, 0.6) is 11.5 Å². The molecule has 2 aromatic rings. The molecule has 0 aliphatic heterocycles. The highest BCUT2D eigenvalue weighted by atomic mass is 31.2. The molecule has 0 aliphatic rings. The van der Waals surface area contributed by atoms with Crippen LogP contribution in [0.25, 0.3) is 0 Å². The Bertz CT molecular complexity index is 1030. The molecule has 0 aliphatic carbocycles. The van der Waals surface area contributed by atoms with Gasteiger partial charge in [-0.1, -0.05) is 35.4 Å². The molecular weight excluding hydrogens is 497 g/mol. The van der Waals surface area contributed by atoms with Crippen LogP contribution in [0.2, 0.25) is 0 Å². The van der Waals surface area contributed by atoms with Crippen molar-refractivity contribution in [2.45, 2.75) is 73.0 Å². The Hall–Kier alpha value is -3.19. The van der Waals surface area contributed by atoms with Crippen LogP contribution in [0.3, 0.4) is 0 Å². The van der Waals surface area contributed by atoms with Crippen molar-refractivity contribution in [3.63, 3.8) is 0 Å². The van der Waals surface area contributed by atoms with E-state index in [0.717, 1.165) is 16.2 Å². The number of hydroxylamine groups is 2. The Morgan fingerprint density at radius 3 is 1.59 bits per heavy atom. The molecule has 0 spiro atoms. The van der Waals surface area contributed by atoms with Crippen molar-refractivity contribution >= 4 is 19.8 Å². The molecule has 0 aromatic heterocycles. The Balaban J connectivity index is 2.18. The van der Waals surface area contributed by atoms with Crippen LogP contribution in [-0.2, 0) is 18.9 Å². The minimum Gasteiger partial charge on any atom is -0.442 e. The SMILES string of the molecule is Cc1ccc(OP(=O)(CCCN(OC(=O)OC(C)(C)C)C(=O)OC(C)(C)C)Oc2ccc(C)cc2)cc1. The maximum absolute atomic E-state index is 13.8. The molecule has 37 heavy (non-hydrogen) atoms. The fourth-order valence-electron chi connectivity index (χ4n) is 2.88. The maximum Gasteiger partial charge on any atom is 0.534 e. The number of hydrogen-bond donors (Lipinski definition) is 0. The fourth-order valence-corrected chi connectivity index (χ4v) is 4.52. The first kappa shape index (κ1) is 30.0. The molecule has 9 nitrogen and oxygen atoms in total. The molecule has 0 N–H and O–H groups in total. The Morgan fingerprint density at radius 2 is 1.19 bits per heavy atom. The molecule has 2 rings (SSSR count). The quantitative estimate of drug-likeness (QED) is 0.195. The number of rotatable bonds is 8. The minimum atomic E-state index is -3.74. The normalized spacial score (nSPS) is 11.9. The second-order valence-corrected chi connectivity index (χ2v) is 12.7. The van der Waals surface area contributed by atoms with E-state index in [9.17, 15) is 14.2 Å². The van der Waals surface area contributed by atoms with Crippen LogP contribution in [0.1, 0.15) is 59.1 Å². The first-order valence-electron chi connectivity index (χ1n) is 12.1. The van der Waals surface area contributed by atoms with Crippen molar-refractivity contribution in [1.29, 1.82) is 0 Å². The van der Waals surface area contributed by atoms with Gasteiger partial charge in [0.25, 0.3) is 0 Å². The van der Waals surface area contributed by atoms with Crippen LogP contribution in [0.15, 0.2) is 48.5 Å². The number of hydrogen-bond acceptors (Lipinski definition) is 8. The summed E-state index contributed by atoms with van der Waals surface area (Å²) in [4.78, 5) is 30.1. The lowest BCUT2D eigenvalue weighted by atomic mass is 10.2. The Kier molecular flexibility index (Phi) is 10.0. The maximum atomic E-state index is 13.8. The average Bonchev–Trinajstić information content (AvgIpc) is 2.74. The van der Waals surface area contributed by atoms with Gasteiger partial charge in [-0.25, -0.2) is 14.2 Å². The number of amides is 1. The first-order chi connectivity index (χ1) is 17.0. The topological polar surface area (TPSA) is 101 Å². The van der Waals surface area contributed by atoms with Crippen molar-refractivity contribution in [2.24, 2.45) is 0 Å². The van der Waals surface area contributed by atoms with Crippen molar-refractivity contribution in [1.82, 2.24) is 5.06 Å². The summed E-state index contributed by atoms with van der Waals surface area (Å²) in [5.41, 5.74) is 0.393. The molecule has 0 atom stereocenters. The van der Waals surface area contributed by atoms with E-state index in [4.69, 9.17) is 23.4 Å². The minimum absolute atomic E-state index is 0.0776. The van der Waals surface area contributed by atoms with Crippen LogP contribution < -0.4 is 9.05 Å². The van der Waals surface area contributed by atoms with E-state index in [1.165, 1.54) is 0 Å². The predicted octanol–water partition coefficient (Wildman–Crippen LogP) is 7.45. The second kappa shape index (κ2) is 12.4. The molecule has 204 valence electrons. The summed E-state index contributed by atoms with van der Waals surface area (Å²) in [5, 5.41) is 0.751. The summed E-state index contributed by atoms with van der Waals surface area (Å²) in [6.07, 6.45) is -1.91. The average molecular weight is 536 g/mol. The second-order valence-electron chi connectivity index (χ2n) is 10.6. The number of carbonyl (C=O) groups excluding carboxylic acids is 2. The van der Waals surface area contributed by atoms with Crippen molar-refractivity contribution in [3.8, 4) is 11.5 Å². The van der Waals surface area contributed by atoms with E-state index in [-0.39, 0.29) is 19.1 Å². The van der Waals surface area contributed by atoms with Crippen LogP contribution in [0.4, 0.5) is 9.59 Å². The van der Waals surface area contributed by atoms with Gasteiger partial charge in [0.1, 0.15) is 22.7 Å². The number of aryl methyl sites for hydroxylation is 2. The van der Waals surface area contributed by atoms with E-state index in [2.05, 4.69) is 0 Å². The highest BCUT2D eigenvalue weighted by molar-refractivity contribution is 7.54. The highest BCUT2D eigenvalue weighted by Crippen LogP contribution is 2.49. The number of benzene rings is 2. The van der Waals surface area contributed by atoms with Gasteiger partial charge in [0.05, 0.1) is 12.7 Å². The van der Waals surface area contributed by atoms with Gasteiger partial charge < -0.3 is 23.4 Å². The smallest absolute Gasteiger partial charge is 0.442 e. The zero-order valence-electron chi connectivity index (χ0n) is 22.9. The molecular formula is C27H38NO8P. The lowest BCUT2D eigenvalue weighted by Gasteiger charge is -2.27. The Labute approximate surface area is 219 Å². The first-order valence-corrected chi connectivity index (χ1v) is 13.8. The van der Waals surface area contributed by atoms with Gasteiger partial charge in [-0.05, 0) is 86.1 Å². The summed E-state index contributed by atoms with van der Waals surface area (Å²) in [6.45, 7) is 13.8. The third kappa shape index (κ3) is 11.6. The molecule has 0 saturated carbocycles. The molecule has 0 heterocycles. The van der Waals surface area contributed by atoms with E-state index in [0.29, 0.717) is 11.5 Å². The van der Waals surface area contributed by atoms with E-state index < -0.39 is 31.0 Å². The van der Waals surface area contributed by atoms with E-state index in [1.807, 2.05) is 38.1 Å². The van der Waals surface area contributed by atoms with Gasteiger partial charge in [0, 0.05) is 0 Å². The van der Waals surface area contributed by atoms with Gasteiger partial charge in [0.15, 0.2) is 0 Å². The van der Waals surface area contributed by atoms with E-state index >= 15 is 0 Å². The lowest BCUT2D eigenvalue weighted by Crippen LogP contribution is -2.40. The van der Waals surface area contributed by atoms with Gasteiger partial charge in [-0.15, -0.1) is 5.06 Å². The molecule has 1 amide bonds. The van der Waals surface area contributed by atoms with Crippen molar-refractivity contribution in [2.75, 3.05) is 12.7 Å². The molecule has 0 bridgehead atoms. The van der Waals surface area contributed by atoms with Gasteiger partial charge >= 0.3 is 19.8 Å². The third-order valence-electron chi connectivity index (χ3n) is 4.50. The molecule has 0 radical (unpaired) electrons. The van der Waals surface area contributed by atoms with Crippen molar-refractivity contribution < 1.29 is 37.5 Å². The standard InChI is InChI=1S/C27H38NO8P/c1-20-10-14-22(15-11-20)35-37(31,36-23-16-12-21(2)13-17-23)19-9-18-28(24(29)32-26(3,4)5)34-25(30)33-27(6,7)8/h10-17H,9,18-19H2,1-8H3. The predicted molar refractivity (Wildman–Crippen MR) is 141 cm³/mol. The molecule has 0 saturated heterocycles. The summed E-state index contributed by atoms with van der Waals surface area (Å²) in [5.74, 6) is 0.769. The van der Waals surface area contributed by atoms with Gasteiger partial charge in [0.2, 0.25) is 0 Å². The largest absolute Gasteiger partial charge is 0.534 e. The van der Waals surface area contributed by atoms with Crippen LogP contribution >= 0.6 is 7.60 Å². The summed E-state index contributed by atoms with van der Waals surface area (Å²) in [6, 6.07) is 14.2. The monoisotopic (exact) mass is 535 g/mol. The zero-order valence-corrected chi connectivity index (χ0v) is 23.8. The third-order valence-corrected chi connectivity index (χ3v) is 6.34. The number of nitrogens with zero attached hydrogens (tertiary/aromatic N) is 1. The lowest BCUT2D eigenvalue weighted by molar-refractivity contribution is -0.135. The zero-order chi connectivity index (χ0) is 27.9. The summed E-state index contributed by atoms with van der Waals surface area (Å²) >= 11 is 0. The summed E-state index contributed by atoms with van der Waals surface area (Å²) < 4.78 is 36.0. The molecule has 0 fully saturated rings. The number of ether oxygens (including phenoxy) is 2. The van der Waals surface area contributed by atoms with Crippen LogP contribution in [-0.4, -0.2) is 41.2 Å². The fraction of sp³-hybridized carbons (Fsp3) is 0.481. The Morgan fingerprint density at radius 1 is 0.757 bits per heavy atom. The number of carbonyl (C=O) groups is 2. The molecule has 0 unspecified atom stereocenters. The van der Waals surface area contributed by atoms with Crippen LogP contribution in [0, 0.1) is 13.8 Å². The molecule has 10 heteroatoms. The highest BCUT2D eigenvalue weighted by Gasteiger charge is 2.32. The van der Waals surface area contributed by atoms with Gasteiger partial charge in [-0.2, -0.15) is 0 Å². The van der Waals surface area contributed by atoms with Crippen molar-refractivity contribution in [3.05, 3.63) is 59.7 Å². The van der Waals surface area contributed by atoms with Gasteiger partial charge in [-0.3, -0.25) is 0 Å². The molecule has 2 aromatic carbocycles. The van der Waals surface area contributed by atoms with E-state index in [1.54, 1.807) is 65.8 Å². The summed E-state index contributed by atoms with van der Waals surface area (Å²) in [7, 11) is -3.74.